The van der Waals surface area contributed by atoms with E-state index in [1.54, 1.807) is 11.3 Å². The first-order chi connectivity index (χ1) is 9.75. The maximum atomic E-state index is 4.72. The quantitative estimate of drug-likeness (QED) is 0.876. The highest BCUT2D eigenvalue weighted by Gasteiger charge is 2.27. The van der Waals surface area contributed by atoms with Crippen LogP contribution in [0.3, 0.4) is 0 Å². The van der Waals surface area contributed by atoms with Crippen molar-refractivity contribution in [2.45, 2.75) is 39.2 Å². The molecule has 3 rings (SSSR count). The Morgan fingerprint density at radius 2 is 1.95 bits per heavy atom. The molecule has 1 aliphatic rings. The van der Waals surface area contributed by atoms with Crippen LogP contribution in [0.1, 0.15) is 37.6 Å². The molecular weight excluding hydrogens is 264 g/mol. The van der Waals surface area contributed by atoms with Crippen LogP contribution in [0.5, 0.6) is 0 Å². The summed E-state index contributed by atoms with van der Waals surface area (Å²) in [6, 6.07) is 10.4. The second-order valence-electron chi connectivity index (χ2n) is 6.11. The van der Waals surface area contributed by atoms with Crippen molar-refractivity contribution in [3.8, 4) is 11.3 Å². The Bertz CT molecular complexity index is 541. The average Bonchev–Trinajstić information content (AvgIpc) is 3.10. The van der Waals surface area contributed by atoms with Crippen molar-refractivity contribution >= 4 is 11.3 Å². The molecule has 1 N–H and O–H groups in total. The Morgan fingerprint density at radius 1 is 1.20 bits per heavy atom. The first-order valence-corrected chi connectivity index (χ1v) is 8.34. The van der Waals surface area contributed by atoms with Crippen molar-refractivity contribution < 1.29 is 0 Å². The molecule has 0 aliphatic heterocycles. The maximum Gasteiger partial charge on any atom is 0.107 e. The Hall–Kier alpha value is -1.19. The largest absolute Gasteiger partial charge is 0.310 e. The molecule has 106 valence electrons. The standard InChI is InChI=1S/C17H22N2S/c1-17(9-5-6-10-17)13-18-11-16-19-15(12-20-16)14-7-3-2-4-8-14/h2-4,7-8,12,18H,5-6,9-11,13H2,1H3. The topological polar surface area (TPSA) is 24.9 Å². The molecule has 2 nitrogen and oxygen atoms in total. The second-order valence-corrected chi connectivity index (χ2v) is 7.06. The summed E-state index contributed by atoms with van der Waals surface area (Å²) >= 11 is 1.75. The highest BCUT2D eigenvalue weighted by molar-refractivity contribution is 7.09. The molecule has 1 heterocycles. The number of hydrogen-bond donors (Lipinski definition) is 1. The molecule has 1 fully saturated rings. The number of nitrogens with one attached hydrogen (secondary N) is 1. The second kappa shape index (κ2) is 6.06. The predicted molar refractivity (Wildman–Crippen MR) is 85.8 cm³/mol. The van der Waals surface area contributed by atoms with Gasteiger partial charge in [0.1, 0.15) is 5.01 Å². The van der Waals surface area contributed by atoms with Gasteiger partial charge in [0, 0.05) is 24.0 Å². The van der Waals surface area contributed by atoms with E-state index in [1.807, 2.05) is 6.07 Å². The van der Waals surface area contributed by atoms with Crippen LogP contribution in [-0.2, 0) is 6.54 Å². The Morgan fingerprint density at radius 3 is 2.70 bits per heavy atom. The number of aromatic nitrogens is 1. The van der Waals surface area contributed by atoms with E-state index >= 15 is 0 Å². The predicted octanol–water partition coefficient (Wildman–Crippen LogP) is 4.48. The molecule has 1 saturated carbocycles. The van der Waals surface area contributed by atoms with Crippen LogP contribution in [0, 0.1) is 5.41 Å². The molecule has 0 amide bonds. The lowest BCUT2D eigenvalue weighted by atomic mass is 9.89. The Balaban J connectivity index is 1.55. The summed E-state index contributed by atoms with van der Waals surface area (Å²) in [5, 5.41) is 6.94. The summed E-state index contributed by atoms with van der Waals surface area (Å²) in [4.78, 5) is 4.72. The third kappa shape index (κ3) is 3.28. The van der Waals surface area contributed by atoms with Crippen LogP contribution in [0.2, 0.25) is 0 Å². The molecule has 2 aromatic rings. The van der Waals surface area contributed by atoms with Gasteiger partial charge in [0.15, 0.2) is 0 Å². The fourth-order valence-electron chi connectivity index (χ4n) is 3.01. The Labute approximate surface area is 125 Å². The average molecular weight is 286 g/mol. The van der Waals surface area contributed by atoms with Gasteiger partial charge >= 0.3 is 0 Å². The maximum absolute atomic E-state index is 4.72. The van der Waals surface area contributed by atoms with E-state index in [4.69, 9.17) is 4.98 Å². The molecule has 0 atom stereocenters. The Kier molecular flexibility index (Phi) is 4.18. The van der Waals surface area contributed by atoms with Gasteiger partial charge in [0.25, 0.3) is 0 Å². The van der Waals surface area contributed by atoms with Crippen molar-refractivity contribution in [1.82, 2.24) is 10.3 Å². The number of rotatable bonds is 5. The van der Waals surface area contributed by atoms with Gasteiger partial charge < -0.3 is 5.32 Å². The van der Waals surface area contributed by atoms with Crippen LogP contribution in [0.4, 0.5) is 0 Å². The summed E-state index contributed by atoms with van der Waals surface area (Å²) in [5.74, 6) is 0. The number of nitrogens with zero attached hydrogens (tertiary/aromatic N) is 1. The first kappa shape index (κ1) is 13.8. The van der Waals surface area contributed by atoms with Crippen LogP contribution < -0.4 is 5.32 Å². The van der Waals surface area contributed by atoms with E-state index in [1.165, 1.54) is 36.3 Å². The van der Waals surface area contributed by atoms with Gasteiger partial charge in [0.2, 0.25) is 0 Å². The van der Waals surface area contributed by atoms with Crippen molar-refractivity contribution in [2.24, 2.45) is 5.41 Å². The molecule has 3 heteroatoms. The van der Waals surface area contributed by atoms with E-state index < -0.39 is 0 Å². The van der Waals surface area contributed by atoms with Gasteiger partial charge in [-0.15, -0.1) is 11.3 Å². The molecule has 1 aromatic carbocycles. The summed E-state index contributed by atoms with van der Waals surface area (Å²) in [6.45, 7) is 4.42. The third-order valence-electron chi connectivity index (χ3n) is 4.26. The highest BCUT2D eigenvalue weighted by atomic mass is 32.1. The lowest BCUT2D eigenvalue weighted by molar-refractivity contribution is 0.314. The third-order valence-corrected chi connectivity index (χ3v) is 5.11. The van der Waals surface area contributed by atoms with E-state index in [2.05, 4.69) is 41.9 Å². The minimum atomic E-state index is 0.513. The summed E-state index contributed by atoms with van der Waals surface area (Å²) < 4.78 is 0. The zero-order chi connectivity index (χ0) is 13.8. The van der Waals surface area contributed by atoms with E-state index in [-0.39, 0.29) is 0 Å². The molecule has 1 aromatic heterocycles. The number of hydrogen-bond acceptors (Lipinski definition) is 3. The van der Waals surface area contributed by atoms with Gasteiger partial charge in [-0.05, 0) is 18.3 Å². The number of thiazole rings is 1. The smallest absolute Gasteiger partial charge is 0.107 e. The molecule has 0 unspecified atom stereocenters. The number of benzene rings is 1. The first-order valence-electron chi connectivity index (χ1n) is 7.46. The summed E-state index contributed by atoms with van der Waals surface area (Å²) in [5.41, 5.74) is 2.82. The lowest BCUT2D eigenvalue weighted by Crippen LogP contribution is -2.29. The highest BCUT2D eigenvalue weighted by Crippen LogP contribution is 2.36. The van der Waals surface area contributed by atoms with E-state index in [0.29, 0.717) is 5.41 Å². The monoisotopic (exact) mass is 286 g/mol. The van der Waals surface area contributed by atoms with Gasteiger partial charge in [-0.3, -0.25) is 0 Å². The van der Waals surface area contributed by atoms with Crippen LogP contribution in [-0.4, -0.2) is 11.5 Å². The van der Waals surface area contributed by atoms with E-state index in [0.717, 1.165) is 18.8 Å². The van der Waals surface area contributed by atoms with Crippen LogP contribution >= 0.6 is 11.3 Å². The summed E-state index contributed by atoms with van der Waals surface area (Å²) in [6.07, 6.45) is 5.53. The minimum absolute atomic E-state index is 0.513. The normalized spacial score (nSPS) is 17.4. The van der Waals surface area contributed by atoms with Gasteiger partial charge in [-0.2, -0.15) is 0 Å². The molecule has 0 saturated heterocycles. The van der Waals surface area contributed by atoms with Crippen LogP contribution in [0.15, 0.2) is 35.7 Å². The SMILES string of the molecule is CC1(CNCc2nc(-c3ccccc3)cs2)CCCC1. The molecule has 0 bridgehead atoms. The van der Waals surface area contributed by atoms with Crippen molar-refractivity contribution in [3.63, 3.8) is 0 Å². The zero-order valence-corrected chi connectivity index (χ0v) is 12.9. The molecule has 0 spiro atoms. The van der Waals surface area contributed by atoms with E-state index in [9.17, 15) is 0 Å². The minimum Gasteiger partial charge on any atom is -0.310 e. The fraction of sp³-hybridized carbons (Fsp3) is 0.471. The summed E-state index contributed by atoms with van der Waals surface area (Å²) in [7, 11) is 0. The van der Waals surface area contributed by atoms with Crippen LogP contribution in [0.25, 0.3) is 11.3 Å². The zero-order valence-electron chi connectivity index (χ0n) is 12.1. The van der Waals surface area contributed by atoms with Gasteiger partial charge in [0.05, 0.1) is 5.69 Å². The fourth-order valence-corrected chi connectivity index (χ4v) is 3.78. The molecule has 20 heavy (non-hydrogen) atoms. The van der Waals surface area contributed by atoms with Crippen molar-refractivity contribution in [3.05, 3.63) is 40.7 Å². The van der Waals surface area contributed by atoms with Crippen molar-refractivity contribution in [2.75, 3.05) is 6.54 Å². The van der Waals surface area contributed by atoms with Gasteiger partial charge in [-0.1, -0.05) is 50.1 Å². The molecular formula is C17H22N2S. The molecule has 1 aliphatic carbocycles. The van der Waals surface area contributed by atoms with Crippen molar-refractivity contribution in [1.29, 1.82) is 0 Å². The van der Waals surface area contributed by atoms with Gasteiger partial charge in [-0.25, -0.2) is 4.98 Å². The molecule has 0 radical (unpaired) electrons. The lowest BCUT2D eigenvalue weighted by Gasteiger charge is -2.23.